The summed E-state index contributed by atoms with van der Waals surface area (Å²) in [6.07, 6.45) is 3.42. The van der Waals surface area contributed by atoms with Gasteiger partial charge in [0.15, 0.2) is 11.6 Å². The Balaban J connectivity index is 1.48. The first-order chi connectivity index (χ1) is 12.1. The van der Waals surface area contributed by atoms with Gasteiger partial charge in [-0.1, -0.05) is 5.16 Å². The van der Waals surface area contributed by atoms with Crippen molar-refractivity contribution >= 4 is 11.8 Å². The SMILES string of the molecule is Cc1ccc([C@H]2CCCN2C(=O)Nc2cc(-c3ccoc3C)on2)o1. The Morgan fingerprint density at radius 3 is 2.92 bits per heavy atom. The van der Waals surface area contributed by atoms with E-state index in [1.165, 1.54) is 0 Å². The van der Waals surface area contributed by atoms with Crippen molar-refractivity contribution in [1.82, 2.24) is 10.1 Å². The molecule has 0 saturated carbocycles. The van der Waals surface area contributed by atoms with Crippen LogP contribution < -0.4 is 5.32 Å². The summed E-state index contributed by atoms with van der Waals surface area (Å²) in [5, 5.41) is 6.73. The number of likely N-dealkylation sites (tertiary alicyclic amines) is 1. The summed E-state index contributed by atoms with van der Waals surface area (Å²) >= 11 is 0. The highest BCUT2D eigenvalue weighted by Crippen LogP contribution is 2.33. The molecule has 4 rings (SSSR count). The van der Waals surface area contributed by atoms with Crippen LogP contribution in [-0.2, 0) is 0 Å². The van der Waals surface area contributed by atoms with Crippen LogP contribution in [0.25, 0.3) is 11.3 Å². The molecule has 1 N–H and O–H groups in total. The fourth-order valence-electron chi connectivity index (χ4n) is 3.22. The van der Waals surface area contributed by atoms with Gasteiger partial charge < -0.3 is 18.3 Å². The third-order valence-electron chi connectivity index (χ3n) is 4.47. The maximum Gasteiger partial charge on any atom is 0.323 e. The lowest BCUT2D eigenvalue weighted by molar-refractivity contribution is 0.199. The standard InChI is InChI=1S/C18H19N3O4/c1-11-5-6-15(24-11)14-4-3-8-21(14)18(22)19-17-10-16(25-20-17)13-7-9-23-12(13)2/h5-7,9-10,14H,3-4,8H2,1-2H3,(H,19,20,22)/t14-/m1/s1. The maximum absolute atomic E-state index is 12.6. The number of carbonyl (C=O) groups excluding carboxylic acids is 1. The Labute approximate surface area is 144 Å². The number of amides is 2. The zero-order valence-electron chi connectivity index (χ0n) is 14.1. The zero-order chi connectivity index (χ0) is 17.4. The van der Waals surface area contributed by atoms with E-state index in [4.69, 9.17) is 13.4 Å². The molecule has 1 atom stereocenters. The number of urea groups is 1. The summed E-state index contributed by atoms with van der Waals surface area (Å²) < 4.78 is 16.3. The molecule has 25 heavy (non-hydrogen) atoms. The predicted octanol–water partition coefficient (Wildman–Crippen LogP) is 4.51. The fourth-order valence-corrected chi connectivity index (χ4v) is 3.22. The molecular weight excluding hydrogens is 322 g/mol. The van der Waals surface area contributed by atoms with Crippen LogP contribution in [0.3, 0.4) is 0 Å². The highest BCUT2D eigenvalue weighted by atomic mass is 16.5. The third kappa shape index (κ3) is 2.93. The number of carbonyl (C=O) groups is 1. The van der Waals surface area contributed by atoms with Gasteiger partial charge in [-0.15, -0.1) is 0 Å². The van der Waals surface area contributed by atoms with Gasteiger partial charge >= 0.3 is 6.03 Å². The van der Waals surface area contributed by atoms with Gasteiger partial charge in [0.05, 0.1) is 17.9 Å². The number of rotatable bonds is 3. The Hall–Kier alpha value is -2.96. The van der Waals surface area contributed by atoms with Gasteiger partial charge in [-0.05, 0) is 44.9 Å². The molecule has 2 amide bonds. The molecule has 0 radical (unpaired) electrons. The average molecular weight is 341 g/mol. The molecule has 130 valence electrons. The molecule has 3 aromatic heterocycles. The molecule has 1 fully saturated rings. The van der Waals surface area contributed by atoms with Gasteiger partial charge in [0, 0.05) is 12.6 Å². The molecule has 7 heteroatoms. The van der Waals surface area contributed by atoms with Gasteiger partial charge in [0.2, 0.25) is 0 Å². The summed E-state index contributed by atoms with van der Waals surface area (Å²) in [5.74, 6) is 3.34. The number of hydrogen-bond acceptors (Lipinski definition) is 5. The minimum atomic E-state index is -0.208. The Kier molecular flexibility index (Phi) is 3.83. The van der Waals surface area contributed by atoms with Crippen LogP contribution in [0, 0.1) is 13.8 Å². The summed E-state index contributed by atoms with van der Waals surface area (Å²) in [5.41, 5.74) is 0.818. The van der Waals surface area contributed by atoms with Crippen LogP contribution in [0.15, 0.2) is 43.9 Å². The molecule has 0 aromatic carbocycles. The summed E-state index contributed by atoms with van der Waals surface area (Å²) in [4.78, 5) is 14.4. The Morgan fingerprint density at radius 2 is 2.20 bits per heavy atom. The normalized spacial score (nSPS) is 17.2. The van der Waals surface area contributed by atoms with Crippen molar-refractivity contribution in [3.8, 4) is 11.3 Å². The molecule has 1 aliphatic heterocycles. The molecule has 3 aromatic rings. The van der Waals surface area contributed by atoms with E-state index in [0.29, 0.717) is 18.1 Å². The van der Waals surface area contributed by atoms with Crippen LogP contribution in [0.1, 0.15) is 36.2 Å². The molecule has 0 aliphatic carbocycles. The molecule has 7 nitrogen and oxygen atoms in total. The number of furan rings is 2. The van der Waals surface area contributed by atoms with Crippen molar-refractivity contribution in [3.05, 3.63) is 47.8 Å². The quantitative estimate of drug-likeness (QED) is 0.757. The van der Waals surface area contributed by atoms with E-state index < -0.39 is 0 Å². The van der Waals surface area contributed by atoms with Gasteiger partial charge in [0.25, 0.3) is 0 Å². The smallest absolute Gasteiger partial charge is 0.323 e. The van der Waals surface area contributed by atoms with Crippen molar-refractivity contribution in [2.45, 2.75) is 32.7 Å². The number of aromatic nitrogens is 1. The number of nitrogens with one attached hydrogen (secondary N) is 1. The van der Waals surface area contributed by atoms with E-state index >= 15 is 0 Å². The molecule has 1 aliphatic rings. The van der Waals surface area contributed by atoms with E-state index in [1.54, 1.807) is 23.3 Å². The second-order valence-corrected chi connectivity index (χ2v) is 6.20. The molecule has 0 spiro atoms. The monoisotopic (exact) mass is 341 g/mol. The van der Waals surface area contributed by atoms with Crippen molar-refractivity contribution in [1.29, 1.82) is 0 Å². The number of anilines is 1. The van der Waals surface area contributed by atoms with Gasteiger partial charge in [0.1, 0.15) is 17.3 Å². The fraction of sp³-hybridized carbons (Fsp3) is 0.333. The summed E-state index contributed by atoms with van der Waals surface area (Å²) in [6, 6.07) is 7.09. The highest BCUT2D eigenvalue weighted by Gasteiger charge is 2.32. The second-order valence-electron chi connectivity index (χ2n) is 6.20. The topological polar surface area (TPSA) is 84.7 Å². The first kappa shape index (κ1) is 15.6. The van der Waals surface area contributed by atoms with E-state index in [-0.39, 0.29) is 12.1 Å². The van der Waals surface area contributed by atoms with Gasteiger partial charge in [-0.3, -0.25) is 5.32 Å². The lowest BCUT2D eigenvalue weighted by Gasteiger charge is -2.22. The minimum absolute atomic E-state index is 0.0452. The highest BCUT2D eigenvalue weighted by molar-refractivity contribution is 5.89. The van der Waals surface area contributed by atoms with Crippen molar-refractivity contribution in [2.75, 3.05) is 11.9 Å². The number of hydrogen-bond donors (Lipinski definition) is 1. The van der Waals surface area contributed by atoms with Gasteiger partial charge in [-0.25, -0.2) is 4.79 Å². The van der Waals surface area contributed by atoms with Gasteiger partial charge in [-0.2, -0.15) is 0 Å². The lowest BCUT2D eigenvalue weighted by Crippen LogP contribution is -2.34. The molecule has 1 saturated heterocycles. The third-order valence-corrected chi connectivity index (χ3v) is 4.47. The molecule has 0 bridgehead atoms. The molecule has 0 unspecified atom stereocenters. The van der Waals surface area contributed by atoms with E-state index in [0.717, 1.165) is 35.7 Å². The summed E-state index contributed by atoms with van der Waals surface area (Å²) in [6.45, 7) is 4.43. The molecular formula is C18H19N3O4. The first-order valence-electron chi connectivity index (χ1n) is 8.27. The maximum atomic E-state index is 12.6. The van der Waals surface area contributed by atoms with Crippen LogP contribution in [0.5, 0.6) is 0 Å². The van der Waals surface area contributed by atoms with Crippen LogP contribution in [0.2, 0.25) is 0 Å². The van der Waals surface area contributed by atoms with E-state index in [2.05, 4.69) is 10.5 Å². The van der Waals surface area contributed by atoms with Crippen LogP contribution in [-0.4, -0.2) is 22.6 Å². The minimum Gasteiger partial charge on any atom is -0.469 e. The number of nitrogens with zero attached hydrogens (tertiary/aromatic N) is 2. The largest absolute Gasteiger partial charge is 0.469 e. The number of aryl methyl sites for hydroxylation is 2. The second kappa shape index (κ2) is 6.16. The van der Waals surface area contributed by atoms with E-state index in [1.807, 2.05) is 26.0 Å². The first-order valence-corrected chi connectivity index (χ1v) is 8.27. The summed E-state index contributed by atoms with van der Waals surface area (Å²) in [7, 11) is 0. The van der Waals surface area contributed by atoms with Crippen LogP contribution >= 0.6 is 0 Å². The van der Waals surface area contributed by atoms with Crippen LogP contribution in [0.4, 0.5) is 10.6 Å². The average Bonchev–Trinajstić information content (AvgIpc) is 3.33. The zero-order valence-corrected chi connectivity index (χ0v) is 14.1. The molecule has 4 heterocycles. The Bertz CT molecular complexity index is 892. The van der Waals surface area contributed by atoms with Crippen molar-refractivity contribution in [2.24, 2.45) is 0 Å². The van der Waals surface area contributed by atoms with E-state index in [9.17, 15) is 4.79 Å². The van der Waals surface area contributed by atoms with Crippen molar-refractivity contribution < 1.29 is 18.2 Å². The van der Waals surface area contributed by atoms with Crippen molar-refractivity contribution in [3.63, 3.8) is 0 Å². The lowest BCUT2D eigenvalue weighted by atomic mass is 10.2. The predicted molar refractivity (Wildman–Crippen MR) is 90.1 cm³/mol. The Morgan fingerprint density at radius 1 is 1.32 bits per heavy atom.